The zero-order valence-corrected chi connectivity index (χ0v) is 14.0. The Morgan fingerprint density at radius 3 is 2.76 bits per heavy atom. The predicted molar refractivity (Wildman–Crippen MR) is 85.1 cm³/mol. The number of likely N-dealkylation sites (tertiary alicyclic amines) is 1. The lowest BCUT2D eigenvalue weighted by Crippen LogP contribution is -2.33. The molecule has 0 bridgehead atoms. The van der Waals surface area contributed by atoms with Crippen LogP contribution in [0, 0.1) is 5.92 Å². The first-order chi connectivity index (χ1) is 9.88. The van der Waals surface area contributed by atoms with Gasteiger partial charge >= 0.3 is 12.0 Å². The number of carboxylic acid groups (broad SMARTS) is 1. The highest BCUT2D eigenvalue weighted by Gasteiger charge is 2.28. The Hall–Kier alpha value is -0.980. The standard InChI is InChI=1S/C13H13BrCl2N2O3/c14-8-1-2-9(12(16)11(8)15)17-13(21)18-4-3-7(6-18)5-10(19)20/h1-2,7H,3-6H2,(H,17,21)(H,19,20). The highest BCUT2D eigenvalue weighted by atomic mass is 79.9. The minimum absolute atomic E-state index is 0.00257. The molecular weight excluding hydrogens is 383 g/mol. The van der Waals surface area contributed by atoms with E-state index in [1.807, 2.05) is 0 Å². The third-order valence-corrected chi connectivity index (χ3v) is 5.08. The number of hydrogen-bond donors (Lipinski definition) is 2. The lowest BCUT2D eigenvalue weighted by atomic mass is 10.1. The molecule has 0 saturated carbocycles. The van der Waals surface area contributed by atoms with E-state index in [1.54, 1.807) is 17.0 Å². The number of carbonyl (C=O) groups excluding carboxylic acids is 1. The number of halogens is 3. The monoisotopic (exact) mass is 394 g/mol. The van der Waals surface area contributed by atoms with Crippen molar-refractivity contribution in [2.75, 3.05) is 18.4 Å². The Bertz CT molecular complexity index is 583. The van der Waals surface area contributed by atoms with Crippen molar-refractivity contribution in [2.45, 2.75) is 12.8 Å². The summed E-state index contributed by atoms with van der Waals surface area (Å²) in [6, 6.07) is 3.05. The lowest BCUT2D eigenvalue weighted by molar-refractivity contribution is -0.138. The summed E-state index contributed by atoms with van der Waals surface area (Å²) in [6.07, 6.45) is 0.767. The van der Waals surface area contributed by atoms with Gasteiger partial charge in [0.05, 0.1) is 15.7 Å². The highest BCUT2D eigenvalue weighted by molar-refractivity contribution is 9.10. The van der Waals surface area contributed by atoms with E-state index in [0.717, 1.165) is 0 Å². The molecule has 0 aliphatic carbocycles. The Morgan fingerprint density at radius 1 is 1.38 bits per heavy atom. The van der Waals surface area contributed by atoms with Gasteiger partial charge in [-0.1, -0.05) is 23.2 Å². The second-order valence-electron chi connectivity index (χ2n) is 4.85. The summed E-state index contributed by atoms with van der Waals surface area (Å²) in [7, 11) is 0. The fourth-order valence-electron chi connectivity index (χ4n) is 2.25. The molecule has 1 fully saturated rings. The van der Waals surface area contributed by atoms with Gasteiger partial charge in [0.15, 0.2) is 0 Å². The molecule has 0 aromatic heterocycles. The van der Waals surface area contributed by atoms with Crippen molar-refractivity contribution in [3.63, 3.8) is 0 Å². The molecule has 2 amide bonds. The van der Waals surface area contributed by atoms with Gasteiger partial charge in [0.1, 0.15) is 0 Å². The van der Waals surface area contributed by atoms with Crippen LogP contribution in [0.2, 0.25) is 10.0 Å². The molecule has 1 atom stereocenters. The maximum absolute atomic E-state index is 12.1. The van der Waals surface area contributed by atoms with Crippen LogP contribution in [0.1, 0.15) is 12.8 Å². The van der Waals surface area contributed by atoms with E-state index < -0.39 is 5.97 Å². The first-order valence-corrected chi connectivity index (χ1v) is 7.84. The van der Waals surface area contributed by atoms with Crippen LogP contribution in [-0.2, 0) is 4.79 Å². The van der Waals surface area contributed by atoms with Crippen LogP contribution < -0.4 is 5.32 Å². The number of nitrogens with one attached hydrogen (secondary N) is 1. The van der Waals surface area contributed by atoms with Crippen LogP contribution in [0.3, 0.4) is 0 Å². The van der Waals surface area contributed by atoms with Gasteiger partial charge in [-0.15, -0.1) is 0 Å². The van der Waals surface area contributed by atoms with E-state index >= 15 is 0 Å². The van der Waals surface area contributed by atoms with E-state index in [-0.39, 0.29) is 23.4 Å². The van der Waals surface area contributed by atoms with Crippen LogP contribution in [0.4, 0.5) is 10.5 Å². The summed E-state index contributed by atoms with van der Waals surface area (Å²) in [5.41, 5.74) is 0.427. The number of amides is 2. The third-order valence-electron chi connectivity index (χ3n) is 3.31. The maximum atomic E-state index is 12.1. The molecule has 1 aromatic carbocycles. The number of nitrogens with zero attached hydrogens (tertiary/aromatic N) is 1. The molecule has 21 heavy (non-hydrogen) atoms. The van der Waals surface area contributed by atoms with Crippen LogP contribution in [0.15, 0.2) is 16.6 Å². The van der Waals surface area contributed by atoms with Gasteiger partial charge in [-0.25, -0.2) is 4.79 Å². The number of carbonyl (C=O) groups is 2. The predicted octanol–water partition coefficient (Wildman–Crippen LogP) is 4.08. The lowest BCUT2D eigenvalue weighted by Gasteiger charge is -2.18. The van der Waals surface area contributed by atoms with Gasteiger partial charge in [0.2, 0.25) is 0 Å². The SMILES string of the molecule is O=C(O)CC1CCN(C(=O)Nc2ccc(Br)c(Cl)c2Cl)C1. The molecule has 1 unspecified atom stereocenters. The number of urea groups is 1. The summed E-state index contributed by atoms with van der Waals surface area (Å²) >= 11 is 15.3. The summed E-state index contributed by atoms with van der Waals surface area (Å²) in [5.74, 6) is -0.845. The summed E-state index contributed by atoms with van der Waals surface area (Å²) in [6.45, 7) is 0.964. The van der Waals surface area contributed by atoms with Gasteiger partial charge in [-0.2, -0.15) is 0 Å². The molecule has 1 heterocycles. The first kappa shape index (κ1) is 16.4. The molecule has 1 aromatic rings. The topological polar surface area (TPSA) is 69.6 Å². The molecule has 2 N–H and O–H groups in total. The van der Waals surface area contributed by atoms with Gasteiger partial charge in [0.25, 0.3) is 0 Å². The van der Waals surface area contributed by atoms with Crippen molar-refractivity contribution >= 4 is 56.8 Å². The zero-order valence-electron chi connectivity index (χ0n) is 10.9. The molecule has 0 radical (unpaired) electrons. The van der Waals surface area contributed by atoms with Gasteiger partial charge in [-0.05, 0) is 40.4 Å². The molecule has 5 nitrogen and oxygen atoms in total. The van der Waals surface area contributed by atoms with Gasteiger partial charge in [0, 0.05) is 24.0 Å². The highest BCUT2D eigenvalue weighted by Crippen LogP contribution is 2.36. The Labute approximate surface area is 140 Å². The largest absolute Gasteiger partial charge is 0.481 e. The number of aliphatic carboxylic acids is 1. The molecule has 114 valence electrons. The summed E-state index contributed by atoms with van der Waals surface area (Å²) < 4.78 is 0.648. The summed E-state index contributed by atoms with van der Waals surface area (Å²) in [5, 5.41) is 12.1. The minimum atomic E-state index is -0.843. The van der Waals surface area contributed by atoms with Crippen LogP contribution in [-0.4, -0.2) is 35.1 Å². The molecular formula is C13H13BrCl2N2O3. The van der Waals surface area contributed by atoms with Crippen molar-refractivity contribution < 1.29 is 14.7 Å². The molecule has 1 aliphatic rings. The maximum Gasteiger partial charge on any atom is 0.321 e. The Balaban J connectivity index is 2.00. The average molecular weight is 396 g/mol. The van der Waals surface area contributed by atoms with E-state index in [2.05, 4.69) is 21.2 Å². The smallest absolute Gasteiger partial charge is 0.321 e. The van der Waals surface area contributed by atoms with Crippen LogP contribution >= 0.6 is 39.1 Å². The second-order valence-corrected chi connectivity index (χ2v) is 6.46. The molecule has 0 spiro atoms. The fraction of sp³-hybridized carbons (Fsp3) is 0.385. The van der Waals surface area contributed by atoms with Crippen LogP contribution in [0.25, 0.3) is 0 Å². The Morgan fingerprint density at radius 2 is 2.10 bits per heavy atom. The number of benzene rings is 1. The third kappa shape index (κ3) is 4.02. The number of rotatable bonds is 3. The molecule has 1 saturated heterocycles. The van der Waals surface area contributed by atoms with Gasteiger partial charge < -0.3 is 15.3 Å². The number of anilines is 1. The Kier molecular flexibility index (Phi) is 5.35. The van der Waals surface area contributed by atoms with Crippen molar-refractivity contribution in [1.29, 1.82) is 0 Å². The van der Waals surface area contributed by atoms with Crippen LogP contribution in [0.5, 0.6) is 0 Å². The molecule has 8 heteroatoms. The fourth-order valence-corrected chi connectivity index (χ4v) is 3.07. The van der Waals surface area contributed by atoms with Crippen molar-refractivity contribution in [3.8, 4) is 0 Å². The molecule has 1 aliphatic heterocycles. The minimum Gasteiger partial charge on any atom is -0.481 e. The number of hydrogen-bond acceptors (Lipinski definition) is 2. The van der Waals surface area contributed by atoms with E-state index in [9.17, 15) is 9.59 Å². The molecule has 2 rings (SSSR count). The van der Waals surface area contributed by atoms with E-state index in [1.165, 1.54) is 0 Å². The second kappa shape index (κ2) is 6.85. The average Bonchev–Trinajstić information content (AvgIpc) is 2.87. The normalized spacial score (nSPS) is 17.9. The van der Waals surface area contributed by atoms with Gasteiger partial charge in [-0.3, -0.25) is 4.79 Å². The number of carboxylic acids is 1. The summed E-state index contributed by atoms with van der Waals surface area (Å²) in [4.78, 5) is 24.4. The van der Waals surface area contributed by atoms with Crippen molar-refractivity contribution in [2.24, 2.45) is 5.92 Å². The van der Waals surface area contributed by atoms with E-state index in [0.29, 0.717) is 34.7 Å². The quantitative estimate of drug-likeness (QED) is 0.757. The zero-order chi connectivity index (χ0) is 15.6. The van der Waals surface area contributed by atoms with Crippen molar-refractivity contribution in [3.05, 3.63) is 26.7 Å². The van der Waals surface area contributed by atoms with Crippen molar-refractivity contribution in [1.82, 2.24) is 4.90 Å². The van der Waals surface area contributed by atoms with E-state index in [4.69, 9.17) is 28.3 Å². The first-order valence-electron chi connectivity index (χ1n) is 6.29.